The van der Waals surface area contributed by atoms with Gasteiger partial charge in [-0.1, -0.05) is 12.1 Å². The van der Waals surface area contributed by atoms with Crippen LogP contribution in [-0.2, 0) is 14.4 Å². The van der Waals surface area contributed by atoms with E-state index in [1.54, 1.807) is 21.1 Å². The topological polar surface area (TPSA) is 83.0 Å². The van der Waals surface area contributed by atoms with E-state index >= 15 is 0 Å². The van der Waals surface area contributed by atoms with Crippen molar-refractivity contribution in [2.24, 2.45) is 0 Å². The van der Waals surface area contributed by atoms with Crippen molar-refractivity contribution in [1.29, 1.82) is 0 Å². The summed E-state index contributed by atoms with van der Waals surface area (Å²) in [5.74, 6) is -0.595. The van der Waals surface area contributed by atoms with Crippen LogP contribution >= 0.6 is 0 Å². The summed E-state index contributed by atoms with van der Waals surface area (Å²) < 4.78 is 0. The molecule has 0 aromatic heterocycles. The van der Waals surface area contributed by atoms with Crippen molar-refractivity contribution in [3.8, 4) is 0 Å². The summed E-state index contributed by atoms with van der Waals surface area (Å²) in [5, 5.41) is 5.36. The van der Waals surface area contributed by atoms with E-state index in [2.05, 4.69) is 10.6 Å². The van der Waals surface area contributed by atoms with Gasteiger partial charge in [-0.15, -0.1) is 0 Å². The fourth-order valence-electron chi connectivity index (χ4n) is 2.08. The minimum Gasteiger partial charge on any atom is -0.344 e. The predicted molar refractivity (Wildman–Crippen MR) is 92.9 cm³/mol. The summed E-state index contributed by atoms with van der Waals surface area (Å²) in [6.45, 7) is 4.18. The summed E-state index contributed by atoms with van der Waals surface area (Å²) in [7, 11) is 5.11. The number of rotatable bonds is 7. The van der Waals surface area contributed by atoms with Crippen molar-refractivity contribution in [2.45, 2.75) is 13.8 Å². The first-order valence-corrected chi connectivity index (χ1v) is 7.85. The monoisotopic (exact) mass is 335 g/mol. The predicted octanol–water partition coefficient (Wildman–Crippen LogP) is -1.04. The van der Waals surface area contributed by atoms with Gasteiger partial charge in [-0.2, -0.15) is 0 Å². The van der Waals surface area contributed by atoms with E-state index in [4.69, 9.17) is 0 Å². The maximum atomic E-state index is 11.9. The number of nitrogens with one attached hydrogen (secondary N) is 3. The maximum absolute atomic E-state index is 11.9. The highest BCUT2D eigenvalue weighted by atomic mass is 16.2. The molecule has 24 heavy (non-hydrogen) atoms. The fraction of sp³-hybridized carbons (Fsp3) is 0.471. The van der Waals surface area contributed by atoms with Gasteiger partial charge in [0.2, 0.25) is 5.91 Å². The Morgan fingerprint density at radius 3 is 2.38 bits per heavy atom. The summed E-state index contributed by atoms with van der Waals surface area (Å²) in [6.07, 6.45) is 0. The molecular formula is C17H27N4O3+. The van der Waals surface area contributed by atoms with Crippen LogP contribution in [0, 0.1) is 13.8 Å². The molecule has 1 unspecified atom stereocenters. The Bertz CT molecular complexity index is 614. The normalized spacial score (nSPS) is 11.5. The largest absolute Gasteiger partial charge is 0.344 e. The fourth-order valence-corrected chi connectivity index (χ4v) is 2.08. The van der Waals surface area contributed by atoms with Crippen LogP contribution in [-0.4, -0.2) is 63.4 Å². The van der Waals surface area contributed by atoms with Gasteiger partial charge in [-0.3, -0.25) is 14.4 Å². The number of carbonyl (C=O) groups is 3. The molecule has 3 N–H and O–H groups in total. The number of carbonyl (C=O) groups excluding carboxylic acids is 3. The zero-order chi connectivity index (χ0) is 18.3. The Kier molecular flexibility index (Phi) is 7.38. The summed E-state index contributed by atoms with van der Waals surface area (Å²) >= 11 is 0. The minimum atomic E-state index is -0.279. The quantitative estimate of drug-likeness (QED) is 0.595. The number of nitrogens with zero attached hydrogens (tertiary/aromatic N) is 1. The zero-order valence-corrected chi connectivity index (χ0v) is 15.0. The van der Waals surface area contributed by atoms with Gasteiger partial charge >= 0.3 is 0 Å². The second-order valence-corrected chi connectivity index (χ2v) is 6.17. The molecule has 0 aliphatic carbocycles. The van der Waals surface area contributed by atoms with E-state index in [-0.39, 0.29) is 37.4 Å². The smallest absolute Gasteiger partial charge is 0.277 e. The molecule has 0 aliphatic heterocycles. The lowest BCUT2D eigenvalue weighted by Gasteiger charge is -2.16. The van der Waals surface area contributed by atoms with Crippen LogP contribution in [0.2, 0.25) is 0 Å². The van der Waals surface area contributed by atoms with Crippen LogP contribution < -0.4 is 15.5 Å². The molecule has 3 amide bonds. The Morgan fingerprint density at radius 2 is 1.75 bits per heavy atom. The highest BCUT2D eigenvalue weighted by molar-refractivity contribution is 5.95. The number of amides is 3. The molecule has 0 saturated heterocycles. The van der Waals surface area contributed by atoms with Crippen LogP contribution in [0.4, 0.5) is 5.69 Å². The van der Waals surface area contributed by atoms with Crippen LogP contribution in [0.25, 0.3) is 0 Å². The first-order chi connectivity index (χ1) is 11.2. The first kappa shape index (κ1) is 19.6. The molecule has 0 spiro atoms. The van der Waals surface area contributed by atoms with E-state index in [0.29, 0.717) is 0 Å². The number of benzene rings is 1. The molecular weight excluding hydrogens is 308 g/mol. The lowest BCUT2D eigenvalue weighted by molar-refractivity contribution is -0.862. The van der Waals surface area contributed by atoms with Crippen LogP contribution in [0.3, 0.4) is 0 Å². The number of hydrogen-bond donors (Lipinski definition) is 3. The zero-order valence-electron chi connectivity index (χ0n) is 15.0. The molecule has 0 fully saturated rings. The Hall–Kier alpha value is -2.41. The van der Waals surface area contributed by atoms with Crippen molar-refractivity contribution < 1.29 is 19.3 Å². The Balaban J connectivity index is 2.40. The van der Waals surface area contributed by atoms with Gasteiger partial charge in [0, 0.05) is 19.8 Å². The molecule has 0 aliphatic rings. The third-order valence-corrected chi connectivity index (χ3v) is 3.74. The second-order valence-electron chi connectivity index (χ2n) is 6.17. The van der Waals surface area contributed by atoms with E-state index in [0.717, 1.165) is 21.7 Å². The van der Waals surface area contributed by atoms with Crippen molar-refractivity contribution in [2.75, 3.05) is 46.1 Å². The van der Waals surface area contributed by atoms with Crippen LogP contribution in [0.15, 0.2) is 18.2 Å². The van der Waals surface area contributed by atoms with Gasteiger partial charge in [0.05, 0.1) is 13.6 Å². The molecule has 1 atom stereocenters. The molecule has 7 nitrogen and oxygen atoms in total. The molecule has 0 heterocycles. The number of aryl methyl sites for hydroxylation is 1. The first-order valence-electron chi connectivity index (χ1n) is 7.85. The number of anilines is 1. The molecule has 1 aromatic carbocycles. The number of hydrogen-bond acceptors (Lipinski definition) is 3. The highest BCUT2D eigenvalue weighted by Crippen LogP contribution is 2.17. The molecule has 0 radical (unpaired) electrons. The Labute approximate surface area is 143 Å². The molecule has 132 valence electrons. The second kappa shape index (κ2) is 9.02. The van der Waals surface area contributed by atoms with Gasteiger partial charge in [-0.25, -0.2) is 0 Å². The standard InChI is InChI=1S/C17H26N4O3/c1-12-7-6-8-14(13(12)2)19-15(22)9-18-16(23)10-21(5)11-17(24)20(3)4/h6-8H,9-11H2,1-5H3,(H,18,23)(H,19,22)/p+1. The molecule has 0 saturated carbocycles. The number of likely N-dealkylation sites (N-methyl/N-ethyl adjacent to an activating group) is 2. The van der Waals surface area contributed by atoms with Crippen LogP contribution in [0.1, 0.15) is 11.1 Å². The molecule has 1 rings (SSSR count). The lowest BCUT2D eigenvalue weighted by Crippen LogP contribution is -3.11. The van der Waals surface area contributed by atoms with Crippen molar-refractivity contribution in [1.82, 2.24) is 10.2 Å². The molecule has 1 aromatic rings. The molecule has 7 heteroatoms. The summed E-state index contributed by atoms with van der Waals surface area (Å²) in [4.78, 5) is 37.6. The van der Waals surface area contributed by atoms with Crippen LogP contribution in [0.5, 0.6) is 0 Å². The maximum Gasteiger partial charge on any atom is 0.277 e. The SMILES string of the molecule is Cc1cccc(NC(=O)CNC(=O)C[NH+](C)CC(=O)N(C)C)c1C. The summed E-state index contributed by atoms with van der Waals surface area (Å²) in [5.41, 5.74) is 2.84. The number of quaternary nitrogens is 1. The van der Waals surface area contributed by atoms with Gasteiger partial charge in [-0.05, 0) is 31.0 Å². The van der Waals surface area contributed by atoms with Crippen molar-refractivity contribution in [3.63, 3.8) is 0 Å². The van der Waals surface area contributed by atoms with E-state index in [9.17, 15) is 14.4 Å². The van der Waals surface area contributed by atoms with E-state index < -0.39 is 0 Å². The van der Waals surface area contributed by atoms with E-state index in [1.165, 1.54) is 4.90 Å². The summed E-state index contributed by atoms with van der Waals surface area (Å²) in [6, 6.07) is 5.67. The van der Waals surface area contributed by atoms with Crippen molar-refractivity contribution >= 4 is 23.4 Å². The molecule has 0 bridgehead atoms. The average Bonchev–Trinajstić information content (AvgIpc) is 2.49. The van der Waals surface area contributed by atoms with Gasteiger partial charge in [0.1, 0.15) is 0 Å². The highest BCUT2D eigenvalue weighted by Gasteiger charge is 2.16. The lowest BCUT2D eigenvalue weighted by atomic mass is 10.1. The van der Waals surface area contributed by atoms with Gasteiger partial charge in [0.15, 0.2) is 13.1 Å². The van der Waals surface area contributed by atoms with E-state index in [1.807, 2.05) is 32.0 Å². The average molecular weight is 335 g/mol. The van der Waals surface area contributed by atoms with Crippen molar-refractivity contribution in [3.05, 3.63) is 29.3 Å². The third kappa shape index (κ3) is 6.37. The third-order valence-electron chi connectivity index (χ3n) is 3.74. The Morgan fingerprint density at radius 1 is 1.08 bits per heavy atom. The minimum absolute atomic E-state index is 0.0482. The van der Waals surface area contributed by atoms with Gasteiger partial charge < -0.3 is 20.4 Å². The van der Waals surface area contributed by atoms with Gasteiger partial charge in [0.25, 0.3) is 11.8 Å².